The van der Waals surface area contributed by atoms with Crippen LogP contribution in [0.3, 0.4) is 0 Å². The van der Waals surface area contributed by atoms with Crippen LogP contribution in [0.5, 0.6) is 0 Å². The van der Waals surface area contributed by atoms with Gasteiger partial charge in [-0.1, -0.05) is 77.7 Å². The van der Waals surface area contributed by atoms with E-state index in [1.54, 1.807) is 25.1 Å². The Bertz CT molecular complexity index is 1410. The molecule has 10 heteroatoms. The van der Waals surface area contributed by atoms with Gasteiger partial charge in [-0.2, -0.15) is 0 Å². The Morgan fingerprint density at radius 1 is 0.950 bits per heavy atom. The number of sulfonamides is 1. The fraction of sp³-hybridized carbons (Fsp3) is 0.333. The Morgan fingerprint density at radius 3 is 2.23 bits per heavy atom. The van der Waals surface area contributed by atoms with Crippen molar-refractivity contribution in [1.82, 2.24) is 10.2 Å². The number of carbonyl (C=O) groups is 2. The van der Waals surface area contributed by atoms with E-state index in [0.717, 1.165) is 52.5 Å². The van der Waals surface area contributed by atoms with Gasteiger partial charge < -0.3 is 10.2 Å². The zero-order chi connectivity index (χ0) is 28.7. The summed E-state index contributed by atoms with van der Waals surface area (Å²) in [6.45, 7) is 1.02. The van der Waals surface area contributed by atoms with Crippen LogP contribution in [0.15, 0.2) is 88.2 Å². The van der Waals surface area contributed by atoms with E-state index in [9.17, 15) is 22.4 Å². The molecule has 0 aromatic heterocycles. The second-order valence-corrected chi connectivity index (χ2v) is 12.7. The van der Waals surface area contributed by atoms with Crippen LogP contribution in [0.1, 0.15) is 44.6 Å². The van der Waals surface area contributed by atoms with E-state index in [1.807, 2.05) is 24.3 Å². The van der Waals surface area contributed by atoms with Gasteiger partial charge in [0.05, 0.1) is 10.6 Å². The van der Waals surface area contributed by atoms with Gasteiger partial charge in [-0.05, 0) is 61.7 Å². The van der Waals surface area contributed by atoms with Gasteiger partial charge in [0.2, 0.25) is 11.8 Å². The average molecular weight is 631 g/mol. The minimum atomic E-state index is -4.31. The zero-order valence-corrected chi connectivity index (χ0v) is 24.7. The third kappa shape index (κ3) is 7.28. The second kappa shape index (κ2) is 13.4. The first-order valence-corrected chi connectivity index (χ1v) is 15.6. The highest BCUT2D eigenvalue weighted by molar-refractivity contribution is 9.10. The molecule has 40 heavy (non-hydrogen) atoms. The largest absolute Gasteiger partial charge is 0.352 e. The van der Waals surface area contributed by atoms with Crippen LogP contribution in [0.2, 0.25) is 0 Å². The zero-order valence-electron chi connectivity index (χ0n) is 22.3. The lowest BCUT2D eigenvalue weighted by atomic mass is 9.95. The number of nitrogens with one attached hydrogen (secondary N) is 1. The van der Waals surface area contributed by atoms with Gasteiger partial charge in [0, 0.05) is 17.1 Å². The molecule has 1 aliphatic rings. The number of benzene rings is 3. The van der Waals surface area contributed by atoms with Crippen LogP contribution in [0, 0.1) is 5.82 Å². The molecule has 3 aromatic rings. The van der Waals surface area contributed by atoms with Crippen LogP contribution in [-0.2, 0) is 26.2 Å². The molecule has 2 amide bonds. The highest BCUT2D eigenvalue weighted by Gasteiger charge is 2.34. The third-order valence-corrected chi connectivity index (χ3v) is 9.42. The lowest BCUT2D eigenvalue weighted by Gasteiger charge is -2.33. The maximum atomic E-state index is 15.0. The van der Waals surface area contributed by atoms with Crippen molar-refractivity contribution in [3.63, 3.8) is 0 Å². The van der Waals surface area contributed by atoms with Gasteiger partial charge >= 0.3 is 0 Å². The summed E-state index contributed by atoms with van der Waals surface area (Å²) in [4.78, 5) is 28.5. The molecule has 0 unspecified atom stereocenters. The Kier molecular flexibility index (Phi) is 9.97. The number of hydrogen-bond acceptors (Lipinski definition) is 4. The Morgan fingerprint density at radius 2 is 1.57 bits per heavy atom. The Labute approximate surface area is 243 Å². The number of para-hydroxylation sites is 1. The van der Waals surface area contributed by atoms with E-state index < -0.39 is 34.3 Å². The third-order valence-electron chi connectivity index (χ3n) is 7.12. The van der Waals surface area contributed by atoms with Crippen molar-refractivity contribution in [2.75, 3.05) is 10.8 Å². The predicted molar refractivity (Wildman–Crippen MR) is 157 cm³/mol. The quantitative estimate of drug-likeness (QED) is 0.314. The summed E-state index contributed by atoms with van der Waals surface area (Å²) in [7, 11) is -4.31. The first-order chi connectivity index (χ1) is 19.2. The maximum Gasteiger partial charge on any atom is 0.264 e. The molecule has 0 saturated heterocycles. The monoisotopic (exact) mass is 629 g/mol. The van der Waals surface area contributed by atoms with E-state index in [2.05, 4.69) is 21.2 Å². The summed E-state index contributed by atoms with van der Waals surface area (Å²) in [6.07, 6.45) is 4.98. The number of nitrogens with zero attached hydrogens (tertiary/aromatic N) is 2. The molecule has 212 valence electrons. The fourth-order valence-electron chi connectivity index (χ4n) is 4.82. The standard InChI is InChI=1S/C30H33BrFN3O4S/c1-22(30(37)33-25-10-4-2-5-11-25)34(20-23-16-18-24(31)19-17-23)29(36)21-35(28-15-9-8-14-27(28)32)40(38,39)26-12-6-3-7-13-26/h3,6-9,12-19,22,25H,2,4-5,10-11,20-21H2,1H3,(H,33,37)/t22-/m0/s1. The Hall–Kier alpha value is -3.24. The van der Waals surface area contributed by atoms with Crippen LogP contribution in [-0.4, -0.2) is 43.8 Å². The molecule has 1 saturated carbocycles. The molecule has 0 spiro atoms. The van der Waals surface area contributed by atoms with Crippen molar-refractivity contribution >= 4 is 43.5 Å². The molecular weight excluding hydrogens is 597 g/mol. The van der Waals surface area contributed by atoms with Crippen molar-refractivity contribution in [1.29, 1.82) is 0 Å². The van der Waals surface area contributed by atoms with Gasteiger partial charge in [0.1, 0.15) is 18.4 Å². The molecular formula is C30H33BrFN3O4S. The minimum Gasteiger partial charge on any atom is -0.352 e. The molecule has 0 aliphatic heterocycles. The number of carbonyl (C=O) groups excluding carboxylic acids is 2. The van der Waals surface area contributed by atoms with Crippen LogP contribution >= 0.6 is 15.9 Å². The molecule has 1 aliphatic carbocycles. The van der Waals surface area contributed by atoms with Crippen molar-refractivity contribution in [3.05, 3.63) is 94.7 Å². The van der Waals surface area contributed by atoms with E-state index in [-0.39, 0.29) is 29.1 Å². The van der Waals surface area contributed by atoms with Gasteiger partial charge in [-0.15, -0.1) is 0 Å². The van der Waals surface area contributed by atoms with Crippen molar-refractivity contribution in [3.8, 4) is 0 Å². The van der Waals surface area contributed by atoms with Crippen LogP contribution in [0.4, 0.5) is 10.1 Å². The van der Waals surface area contributed by atoms with Crippen molar-refractivity contribution < 1.29 is 22.4 Å². The number of halogens is 2. The molecule has 4 rings (SSSR count). The summed E-state index contributed by atoms with van der Waals surface area (Å²) < 4.78 is 44.0. The number of rotatable bonds is 10. The summed E-state index contributed by atoms with van der Waals surface area (Å²) in [5, 5.41) is 3.07. The van der Waals surface area contributed by atoms with Crippen LogP contribution in [0.25, 0.3) is 0 Å². The average Bonchev–Trinajstić information content (AvgIpc) is 2.96. The number of anilines is 1. The van der Waals surface area contributed by atoms with Gasteiger partial charge in [0.15, 0.2) is 0 Å². The number of amides is 2. The highest BCUT2D eigenvalue weighted by atomic mass is 79.9. The number of hydrogen-bond donors (Lipinski definition) is 1. The Balaban J connectivity index is 1.67. The van der Waals surface area contributed by atoms with E-state index in [0.29, 0.717) is 0 Å². The molecule has 1 fully saturated rings. The van der Waals surface area contributed by atoms with E-state index >= 15 is 0 Å². The van der Waals surface area contributed by atoms with Crippen molar-refractivity contribution in [2.24, 2.45) is 0 Å². The van der Waals surface area contributed by atoms with Crippen LogP contribution < -0.4 is 9.62 Å². The maximum absolute atomic E-state index is 15.0. The lowest BCUT2D eigenvalue weighted by molar-refractivity contribution is -0.139. The molecule has 0 heterocycles. The summed E-state index contributed by atoms with van der Waals surface area (Å²) in [5.41, 5.74) is 0.514. The van der Waals surface area contributed by atoms with E-state index in [1.165, 1.54) is 35.2 Å². The first-order valence-electron chi connectivity index (χ1n) is 13.3. The fourth-order valence-corrected chi connectivity index (χ4v) is 6.53. The minimum absolute atomic E-state index is 0.0432. The summed E-state index contributed by atoms with van der Waals surface area (Å²) >= 11 is 3.40. The molecule has 0 bridgehead atoms. The van der Waals surface area contributed by atoms with Gasteiger partial charge in [0.25, 0.3) is 10.0 Å². The van der Waals surface area contributed by atoms with E-state index in [4.69, 9.17) is 0 Å². The smallest absolute Gasteiger partial charge is 0.264 e. The topological polar surface area (TPSA) is 86.8 Å². The highest BCUT2D eigenvalue weighted by Crippen LogP contribution is 2.27. The van der Waals surface area contributed by atoms with Gasteiger partial charge in [-0.3, -0.25) is 13.9 Å². The molecule has 3 aromatic carbocycles. The first kappa shape index (κ1) is 29.7. The van der Waals surface area contributed by atoms with Gasteiger partial charge in [-0.25, -0.2) is 12.8 Å². The van der Waals surface area contributed by atoms with Crippen molar-refractivity contribution in [2.45, 2.75) is 62.6 Å². The second-order valence-electron chi connectivity index (χ2n) is 9.94. The molecule has 7 nitrogen and oxygen atoms in total. The molecule has 0 radical (unpaired) electrons. The molecule has 1 N–H and O–H groups in total. The lowest BCUT2D eigenvalue weighted by Crippen LogP contribution is -2.53. The normalized spacial score (nSPS) is 14.8. The predicted octanol–water partition coefficient (Wildman–Crippen LogP) is 5.65. The molecule has 1 atom stereocenters. The summed E-state index contributed by atoms with van der Waals surface area (Å²) in [6, 6.07) is 19.5. The SMILES string of the molecule is C[C@@H](C(=O)NC1CCCCC1)N(Cc1ccc(Br)cc1)C(=O)CN(c1ccccc1F)S(=O)(=O)c1ccccc1. The summed E-state index contributed by atoms with van der Waals surface area (Å²) in [5.74, 6) is -1.71.